The van der Waals surface area contributed by atoms with E-state index in [0.717, 1.165) is 5.56 Å². The van der Waals surface area contributed by atoms with Crippen LogP contribution in [-0.4, -0.2) is 17.4 Å². The van der Waals surface area contributed by atoms with Gasteiger partial charge in [-0.15, -0.1) is 24.8 Å². The second-order valence-corrected chi connectivity index (χ2v) is 4.92. The third-order valence-electron chi connectivity index (χ3n) is 3.08. The number of pyridine rings is 1. The summed E-state index contributed by atoms with van der Waals surface area (Å²) in [6.07, 6.45) is 1.60. The summed E-state index contributed by atoms with van der Waals surface area (Å²) in [7, 11) is 0. The fraction of sp³-hybridized carbons (Fsp3) is 0.250. The number of carbonyl (C=O) groups excluding carboxylic acids is 1. The van der Waals surface area contributed by atoms with Gasteiger partial charge in [0.15, 0.2) is 0 Å². The summed E-state index contributed by atoms with van der Waals surface area (Å²) in [5, 5.41) is 2.78. The molecule has 0 fully saturated rings. The molecule has 0 saturated carbocycles. The maximum atomic E-state index is 13.1. The fourth-order valence-electron chi connectivity index (χ4n) is 1.70. The zero-order chi connectivity index (χ0) is 15.9. The largest absolute Gasteiger partial charge is 0.439 e. The van der Waals surface area contributed by atoms with Gasteiger partial charge in [0.05, 0.1) is 0 Å². The molecule has 2 rings (SSSR count). The van der Waals surface area contributed by atoms with E-state index in [1.54, 1.807) is 37.4 Å². The molecule has 132 valence electrons. The van der Waals surface area contributed by atoms with Crippen LogP contribution in [0.15, 0.2) is 42.6 Å². The minimum absolute atomic E-state index is 0. The molecular weight excluding hydrogens is 356 g/mol. The summed E-state index contributed by atoms with van der Waals surface area (Å²) in [6.45, 7) is 2.45. The number of ether oxygens (including phenoxy) is 1. The molecule has 0 spiro atoms. The van der Waals surface area contributed by atoms with Gasteiger partial charge in [-0.05, 0) is 17.7 Å². The van der Waals surface area contributed by atoms with Crippen molar-refractivity contribution in [3.8, 4) is 11.6 Å². The Morgan fingerprint density at radius 3 is 2.67 bits per heavy atom. The van der Waals surface area contributed by atoms with Crippen molar-refractivity contribution in [3.63, 3.8) is 0 Å². The third-order valence-corrected chi connectivity index (χ3v) is 3.08. The van der Waals surface area contributed by atoms with Crippen LogP contribution in [0.25, 0.3) is 0 Å². The van der Waals surface area contributed by atoms with E-state index < -0.39 is 0 Å². The van der Waals surface area contributed by atoms with Gasteiger partial charge in [0.25, 0.3) is 0 Å². The van der Waals surface area contributed by atoms with E-state index in [9.17, 15) is 9.18 Å². The average Bonchev–Trinajstić information content (AvgIpc) is 2.53. The van der Waals surface area contributed by atoms with Gasteiger partial charge in [-0.2, -0.15) is 0 Å². The van der Waals surface area contributed by atoms with Gasteiger partial charge >= 0.3 is 0 Å². The first-order valence-electron chi connectivity index (χ1n) is 6.94. The molecule has 8 heteroatoms. The molecule has 1 heterocycles. The summed E-state index contributed by atoms with van der Waals surface area (Å²) in [6, 6.07) is 9.28. The number of halogens is 3. The maximum Gasteiger partial charge on any atom is 0.224 e. The molecule has 2 aromatic rings. The van der Waals surface area contributed by atoms with Crippen molar-refractivity contribution < 1.29 is 13.9 Å². The number of hydrogen-bond acceptors (Lipinski definition) is 4. The summed E-state index contributed by atoms with van der Waals surface area (Å²) in [5.41, 5.74) is 6.27. The SMILES string of the molecule is CC(CN)C(=O)NCc1ccc(Oc2cccc(F)c2)nc1.Cl.Cl. The highest BCUT2D eigenvalue weighted by atomic mass is 35.5. The van der Waals surface area contributed by atoms with Crippen LogP contribution in [0.3, 0.4) is 0 Å². The number of nitrogens with two attached hydrogens (primary N) is 1. The second kappa shape index (κ2) is 10.8. The van der Waals surface area contributed by atoms with Gasteiger partial charge in [-0.25, -0.2) is 9.37 Å². The molecular formula is C16H20Cl2FN3O2. The van der Waals surface area contributed by atoms with Gasteiger partial charge in [0, 0.05) is 37.3 Å². The second-order valence-electron chi connectivity index (χ2n) is 4.92. The highest BCUT2D eigenvalue weighted by Gasteiger charge is 2.10. The lowest BCUT2D eigenvalue weighted by molar-refractivity contribution is -0.124. The number of amides is 1. The molecule has 1 aromatic heterocycles. The van der Waals surface area contributed by atoms with Crippen LogP contribution in [0, 0.1) is 11.7 Å². The van der Waals surface area contributed by atoms with Crippen molar-refractivity contribution in [2.45, 2.75) is 13.5 Å². The average molecular weight is 376 g/mol. The molecule has 0 saturated heterocycles. The normalized spacial score (nSPS) is 10.8. The number of rotatable bonds is 6. The highest BCUT2D eigenvalue weighted by molar-refractivity contribution is 5.85. The summed E-state index contributed by atoms with van der Waals surface area (Å²) < 4.78 is 18.5. The highest BCUT2D eigenvalue weighted by Crippen LogP contribution is 2.19. The van der Waals surface area contributed by atoms with Crippen molar-refractivity contribution in [1.82, 2.24) is 10.3 Å². The smallest absolute Gasteiger partial charge is 0.224 e. The van der Waals surface area contributed by atoms with E-state index in [1.165, 1.54) is 12.1 Å². The zero-order valence-corrected chi connectivity index (χ0v) is 14.7. The lowest BCUT2D eigenvalue weighted by atomic mass is 10.1. The van der Waals surface area contributed by atoms with Gasteiger partial charge < -0.3 is 15.8 Å². The van der Waals surface area contributed by atoms with Crippen molar-refractivity contribution in [2.75, 3.05) is 6.54 Å². The Labute approximate surface area is 152 Å². The van der Waals surface area contributed by atoms with Gasteiger partial charge in [-0.3, -0.25) is 4.79 Å². The van der Waals surface area contributed by atoms with E-state index in [0.29, 0.717) is 24.7 Å². The number of nitrogens with zero attached hydrogens (tertiary/aromatic N) is 1. The lowest BCUT2D eigenvalue weighted by Gasteiger charge is -2.10. The topological polar surface area (TPSA) is 77.2 Å². The minimum atomic E-state index is -0.370. The van der Waals surface area contributed by atoms with Crippen LogP contribution in [0.4, 0.5) is 4.39 Å². The van der Waals surface area contributed by atoms with E-state index in [1.807, 2.05) is 0 Å². The first-order chi connectivity index (χ1) is 10.6. The molecule has 1 unspecified atom stereocenters. The quantitative estimate of drug-likeness (QED) is 0.813. The Hall–Kier alpha value is -1.89. The van der Waals surface area contributed by atoms with E-state index in [-0.39, 0.29) is 42.5 Å². The maximum absolute atomic E-state index is 13.1. The van der Waals surface area contributed by atoms with Crippen LogP contribution in [-0.2, 0) is 11.3 Å². The monoisotopic (exact) mass is 375 g/mol. The Kier molecular flexibility index (Phi) is 9.95. The third kappa shape index (κ3) is 6.70. The summed E-state index contributed by atoms with van der Waals surface area (Å²) in [4.78, 5) is 15.7. The Balaban J connectivity index is 0.00000264. The summed E-state index contributed by atoms with van der Waals surface area (Å²) in [5.74, 6) is 0.0540. The standard InChI is InChI=1S/C16H18FN3O2.2ClH/c1-11(8-18)16(21)20-10-12-5-6-15(19-9-12)22-14-4-2-3-13(17)7-14;;/h2-7,9,11H,8,10,18H2,1H3,(H,20,21);2*1H. The molecule has 0 aliphatic carbocycles. The molecule has 0 bridgehead atoms. The molecule has 5 nitrogen and oxygen atoms in total. The van der Waals surface area contributed by atoms with Crippen molar-refractivity contribution in [1.29, 1.82) is 0 Å². The molecule has 1 atom stereocenters. The minimum Gasteiger partial charge on any atom is -0.439 e. The number of carbonyl (C=O) groups is 1. The van der Waals surface area contributed by atoms with E-state index in [4.69, 9.17) is 10.5 Å². The number of hydrogen-bond donors (Lipinski definition) is 2. The fourth-order valence-corrected chi connectivity index (χ4v) is 1.70. The lowest BCUT2D eigenvalue weighted by Crippen LogP contribution is -2.32. The van der Waals surface area contributed by atoms with Gasteiger partial charge in [0.2, 0.25) is 11.8 Å². The summed E-state index contributed by atoms with van der Waals surface area (Å²) >= 11 is 0. The molecule has 1 aromatic carbocycles. The Morgan fingerprint density at radius 1 is 1.33 bits per heavy atom. The van der Waals surface area contributed by atoms with E-state index >= 15 is 0 Å². The molecule has 0 aliphatic heterocycles. The number of benzene rings is 1. The predicted octanol–water partition coefficient (Wildman–Crippen LogP) is 3.07. The first-order valence-corrected chi connectivity index (χ1v) is 6.94. The van der Waals surface area contributed by atoms with Crippen molar-refractivity contribution in [3.05, 3.63) is 54.0 Å². The van der Waals surface area contributed by atoms with Crippen LogP contribution < -0.4 is 15.8 Å². The van der Waals surface area contributed by atoms with Gasteiger partial charge in [0.1, 0.15) is 11.6 Å². The first kappa shape index (κ1) is 22.1. The molecule has 1 amide bonds. The van der Waals surface area contributed by atoms with Crippen molar-refractivity contribution >= 4 is 30.7 Å². The van der Waals surface area contributed by atoms with Crippen LogP contribution >= 0.6 is 24.8 Å². The zero-order valence-electron chi connectivity index (χ0n) is 13.1. The van der Waals surface area contributed by atoms with Crippen LogP contribution in [0.5, 0.6) is 11.6 Å². The predicted molar refractivity (Wildman–Crippen MR) is 95.3 cm³/mol. The van der Waals surface area contributed by atoms with Crippen molar-refractivity contribution in [2.24, 2.45) is 11.7 Å². The Bertz CT molecular complexity index is 641. The van der Waals surface area contributed by atoms with Crippen LogP contribution in [0.1, 0.15) is 12.5 Å². The van der Waals surface area contributed by atoms with Crippen LogP contribution in [0.2, 0.25) is 0 Å². The number of aromatic nitrogens is 1. The van der Waals surface area contributed by atoms with Gasteiger partial charge in [-0.1, -0.05) is 19.1 Å². The molecule has 0 aliphatic rings. The molecule has 3 N–H and O–H groups in total. The Morgan fingerprint density at radius 2 is 2.08 bits per heavy atom. The van der Waals surface area contributed by atoms with E-state index in [2.05, 4.69) is 10.3 Å². The molecule has 0 radical (unpaired) electrons. The number of nitrogens with one attached hydrogen (secondary N) is 1. The molecule has 24 heavy (non-hydrogen) atoms.